The summed E-state index contributed by atoms with van der Waals surface area (Å²) >= 11 is 0. The van der Waals surface area contributed by atoms with Gasteiger partial charge in [-0.3, -0.25) is 0 Å². The maximum Gasteiger partial charge on any atom is 0.317 e. The Balaban J connectivity index is 1.46. The highest BCUT2D eigenvalue weighted by atomic mass is 16.5. The lowest BCUT2D eigenvalue weighted by Gasteiger charge is -2.17. The van der Waals surface area contributed by atoms with E-state index in [1.54, 1.807) is 7.11 Å². The van der Waals surface area contributed by atoms with Gasteiger partial charge in [-0.25, -0.2) is 4.79 Å². The zero-order valence-corrected chi connectivity index (χ0v) is 14.1. The van der Waals surface area contributed by atoms with Crippen LogP contribution in [0.25, 0.3) is 0 Å². The number of nitrogens with one attached hydrogen (secondary N) is 1. The number of likely N-dealkylation sites (tertiary alicyclic amines) is 1. The molecule has 1 fully saturated rings. The van der Waals surface area contributed by atoms with Gasteiger partial charge in [0.05, 0.1) is 7.11 Å². The summed E-state index contributed by atoms with van der Waals surface area (Å²) in [5, 5.41) is 3.03. The molecule has 0 aliphatic carbocycles. The van der Waals surface area contributed by atoms with Crippen LogP contribution in [0.2, 0.25) is 0 Å². The molecule has 1 saturated heterocycles. The van der Waals surface area contributed by atoms with Crippen LogP contribution in [0.5, 0.6) is 5.75 Å². The maximum absolute atomic E-state index is 12.3. The monoisotopic (exact) mass is 324 g/mol. The summed E-state index contributed by atoms with van der Waals surface area (Å²) in [4.78, 5) is 14.2. The van der Waals surface area contributed by atoms with Gasteiger partial charge in [0.1, 0.15) is 5.75 Å². The molecule has 2 aromatic carbocycles. The minimum Gasteiger partial charge on any atom is -0.497 e. The van der Waals surface area contributed by atoms with Gasteiger partial charge in [0.2, 0.25) is 0 Å². The van der Waals surface area contributed by atoms with Crippen molar-refractivity contribution in [3.8, 4) is 5.75 Å². The van der Waals surface area contributed by atoms with Gasteiger partial charge in [-0.15, -0.1) is 0 Å². The highest BCUT2D eigenvalue weighted by molar-refractivity contribution is 5.74. The SMILES string of the molecule is COc1ccc(C2CCN(C(=O)NCCc3ccccc3)C2)cc1. The molecule has 1 aliphatic heterocycles. The molecule has 4 nitrogen and oxygen atoms in total. The van der Waals surface area contributed by atoms with Crippen LogP contribution in [-0.2, 0) is 6.42 Å². The zero-order valence-electron chi connectivity index (χ0n) is 14.1. The van der Waals surface area contributed by atoms with Crippen LogP contribution >= 0.6 is 0 Å². The third-order valence-corrected chi connectivity index (χ3v) is 4.60. The van der Waals surface area contributed by atoms with Gasteiger partial charge in [0.25, 0.3) is 0 Å². The van der Waals surface area contributed by atoms with Crippen molar-refractivity contribution in [3.63, 3.8) is 0 Å². The van der Waals surface area contributed by atoms with Crippen LogP contribution in [0.4, 0.5) is 4.79 Å². The first kappa shape index (κ1) is 16.4. The Morgan fingerprint density at radius 2 is 1.92 bits per heavy atom. The Hall–Kier alpha value is -2.49. The first-order chi connectivity index (χ1) is 11.8. The Morgan fingerprint density at radius 1 is 1.17 bits per heavy atom. The molecule has 0 spiro atoms. The minimum absolute atomic E-state index is 0.0435. The third kappa shape index (κ3) is 4.07. The van der Waals surface area contributed by atoms with E-state index < -0.39 is 0 Å². The predicted octanol–water partition coefficient (Wildman–Crippen LogP) is 3.44. The number of amides is 2. The molecule has 1 heterocycles. The number of carbonyl (C=O) groups is 1. The molecular formula is C20H24N2O2. The van der Waals surface area contributed by atoms with Crippen molar-refractivity contribution in [3.05, 3.63) is 65.7 Å². The summed E-state index contributed by atoms with van der Waals surface area (Å²) in [5.74, 6) is 1.28. The summed E-state index contributed by atoms with van der Waals surface area (Å²) in [6.07, 6.45) is 1.88. The van der Waals surface area contributed by atoms with Crippen molar-refractivity contribution in [1.29, 1.82) is 0 Å². The van der Waals surface area contributed by atoms with Crippen molar-refractivity contribution in [2.24, 2.45) is 0 Å². The minimum atomic E-state index is 0.0435. The number of nitrogens with zero attached hydrogens (tertiary/aromatic N) is 1. The molecule has 0 radical (unpaired) electrons. The topological polar surface area (TPSA) is 41.6 Å². The van der Waals surface area contributed by atoms with Crippen LogP contribution in [0, 0.1) is 0 Å². The van der Waals surface area contributed by atoms with Gasteiger partial charge in [0, 0.05) is 25.6 Å². The maximum atomic E-state index is 12.3. The van der Waals surface area contributed by atoms with Crippen LogP contribution in [0.3, 0.4) is 0 Å². The van der Waals surface area contributed by atoms with E-state index in [1.165, 1.54) is 11.1 Å². The van der Waals surface area contributed by atoms with Crippen LogP contribution in [0.15, 0.2) is 54.6 Å². The molecule has 1 atom stereocenters. The number of methoxy groups -OCH3 is 1. The Morgan fingerprint density at radius 3 is 2.62 bits per heavy atom. The lowest BCUT2D eigenvalue weighted by molar-refractivity contribution is 0.208. The molecule has 126 valence electrons. The number of benzene rings is 2. The largest absolute Gasteiger partial charge is 0.497 e. The molecule has 4 heteroatoms. The second-order valence-corrected chi connectivity index (χ2v) is 6.17. The summed E-state index contributed by atoms with van der Waals surface area (Å²) in [7, 11) is 1.67. The predicted molar refractivity (Wildman–Crippen MR) is 95.5 cm³/mol. The van der Waals surface area contributed by atoms with Gasteiger partial charge in [-0.05, 0) is 36.1 Å². The normalized spacial score (nSPS) is 16.9. The Kier molecular flexibility index (Phi) is 5.36. The lowest BCUT2D eigenvalue weighted by Crippen LogP contribution is -2.39. The molecular weight excluding hydrogens is 300 g/mol. The third-order valence-electron chi connectivity index (χ3n) is 4.60. The molecule has 24 heavy (non-hydrogen) atoms. The molecule has 1 unspecified atom stereocenters. The van der Waals surface area contributed by atoms with Gasteiger partial charge >= 0.3 is 6.03 Å². The van der Waals surface area contributed by atoms with Crippen LogP contribution in [-0.4, -0.2) is 37.7 Å². The second kappa shape index (κ2) is 7.86. The summed E-state index contributed by atoms with van der Waals surface area (Å²) in [5.41, 5.74) is 2.52. The van der Waals surface area contributed by atoms with Crippen LogP contribution < -0.4 is 10.1 Å². The zero-order chi connectivity index (χ0) is 16.8. The highest BCUT2D eigenvalue weighted by Crippen LogP contribution is 2.28. The summed E-state index contributed by atoms with van der Waals surface area (Å²) in [6.45, 7) is 2.27. The molecule has 0 saturated carbocycles. The fourth-order valence-corrected chi connectivity index (χ4v) is 3.16. The summed E-state index contributed by atoms with van der Waals surface area (Å²) in [6, 6.07) is 18.4. The van der Waals surface area contributed by atoms with E-state index in [4.69, 9.17) is 4.74 Å². The molecule has 1 N–H and O–H groups in total. The molecule has 0 bridgehead atoms. The van der Waals surface area contributed by atoms with E-state index in [9.17, 15) is 4.79 Å². The number of hydrogen-bond acceptors (Lipinski definition) is 2. The van der Waals surface area contributed by atoms with E-state index in [0.717, 1.165) is 31.7 Å². The molecule has 3 rings (SSSR count). The Labute approximate surface area is 143 Å². The summed E-state index contributed by atoms with van der Waals surface area (Å²) < 4.78 is 5.20. The number of rotatable bonds is 5. The quantitative estimate of drug-likeness (QED) is 0.915. The van der Waals surface area contributed by atoms with Gasteiger partial charge in [0.15, 0.2) is 0 Å². The number of hydrogen-bond donors (Lipinski definition) is 1. The van der Waals surface area contributed by atoms with E-state index in [2.05, 4.69) is 29.6 Å². The second-order valence-electron chi connectivity index (χ2n) is 6.17. The fraction of sp³-hybridized carbons (Fsp3) is 0.350. The smallest absolute Gasteiger partial charge is 0.317 e. The van der Waals surface area contributed by atoms with Gasteiger partial charge in [-0.1, -0.05) is 42.5 Å². The van der Waals surface area contributed by atoms with Crippen molar-refractivity contribution in [2.75, 3.05) is 26.7 Å². The van der Waals surface area contributed by atoms with Gasteiger partial charge < -0.3 is 15.0 Å². The van der Waals surface area contributed by atoms with Crippen molar-refractivity contribution >= 4 is 6.03 Å². The lowest BCUT2D eigenvalue weighted by atomic mass is 9.98. The van der Waals surface area contributed by atoms with Crippen LogP contribution in [0.1, 0.15) is 23.5 Å². The number of carbonyl (C=O) groups excluding carboxylic acids is 1. The van der Waals surface area contributed by atoms with E-state index >= 15 is 0 Å². The Bertz CT molecular complexity index is 655. The van der Waals surface area contributed by atoms with E-state index in [-0.39, 0.29) is 6.03 Å². The molecule has 1 aliphatic rings. The fourth-order valence-electron chi connectivity index (χ4n) is 3.16. The molecule has 2 amide bonds. The standard InChI is InChI=1S/C20H24N2O2/c1-24-19-9-7-17(8-10-19)18-12-14-22(15-18)20(23)21-13-11-16-5-3-2-4-6-16/h2-10,18H,11-15H2,1H3,(H,21,23). The molecule has 2 aromatic rings. The van der Waals surface area contributed by atoms with Crippen molar-refractivity contribution in [2.45, 2.75) is 18.8 Å². The number of ether oxygens (including phenoxy) is 1. The number of urea groups is 1. The average molecular weight is 324 g/mol. The molecule has 0 aromatic heterocycles. The van der Waals surface area contributed by atoms with E-state index in [0.29, 0.717) is 12.5 Å². The van der Waals surface area contributed by atoms with Crippen molar-refractivity contribution in [1.82, 2.24) is 10.2 Å². The average Bonchev–Trinajstić information content (AvgIpc) is 3.13. The highest BCUT2D eigenvalue weighted by Gasteiger charge is 2.27. The van der Waals surface area contributed by atoms with Gasteiger partial charge in [-0.2, -0.15) is 0 Å². The first-order valence-corrected chi connectivity index (χ1v) is 8.47. The first-order valence-electron chi connectivity index (χ1n) is 8.47. The van der Waals surface area contributed by atoms with Crippen molar-refractivity contribution < 1.29 is 9.53 Å². The van der Waals surface area contributed by atoms with E-state index in [1.807, 2.05) is 35.2 Å².